The molecule has 1 aliphatic rings. The molecule has 4 rings (SSSR count). The number of nitrogens with zero attached hydrogens (tertiary/aromatic N) is 5. The first kappa shape index (κ1) is 24.3. The van der Waals surface area contributed by atoms with E-state index in [1.807, 2.05) is 0 Å². The number of hydrogen-bond donors (Lipinski definition) is 2. The average Bonchev–Trinajstić information content (AvgIpc) is 3.16. The molecule has 0 spiro atoms. The quantitative estimate of drug-likeness (QED) is 0.513. The van der Waals surface area contributed by atoms with Crippen LogP contribution in [0.15, 0.2) is 36.0 Å². The highest BCUT2D eigenvalue weighted by Gasteiger charge is 2.24. The van der Waals surface area contributed by atoms with E-state index in [1.54, 1.807) is 37.3 Å². The maximum absolute atomic E-state index is 13.6. The highest BCUT2D eigenvalue weighted by atomic mass is 35.5. The molecule has 0 atom stereocenters. The van der Waals surface area contributed by atoms with Crippen LogP contribution in [0.2, 0.25) is 5.02 Å². The summed E-state index contributed by atoms with van der Waals surface area (Å²) in [6.45, 7) is 5.86. The van der Waals surface area contributed by atoms with Crippen molar-refractivity contribution in [1.82, 2.24) is 19.9 Å². The molecule has 0 aliphatic carbocycles. The summed E-state index contributed by atoms with van der Waals surface area (Å²) < 4.78 is 33.4. The highest BCUT2D eigenvalue weighted by Crippen LogP contribution is 2.23. The summed E-state index contributed by atoms with van der Waals surface area (Å²) >= 11 is 6.12. The van der Waals surface area contributed by atoms with Crippen LogP contribution in [0.4, 0.5) is 14.5 Å². The number of halogens is 3. The average molecular weight is 500 g/mol. The van der Waals surface area contributed by atoms with Gasteiger partial charge in [-0.1, -0.05) is 24.2 Å². The van der Waals surface area contributed by atoms with Gasteiger partial charge in [-0.15, -0.1) is 0 Å². The van der Waals surface area contributed by atoms with Crippen LogP contribution in [0.25, 0.3) is 11.7 Å². The largest absolute Gasteiger partial charge is 0.377 e. The van der Waals surface area contributed by atoms with Crippen molar-refractivity contribution in [2.75, 3.05) is 25.1 Å². The van der Waals surface area contributed by atoms with Gasteiger partial charge in [0.05, 0.1) is 24.9 Å². The van der Waals surface area contributed by atoms with Crippen molar-refractivity contribution in [3.63, 3.8) is 0 Å². The van der Waals surface area contributed by atoms with Gasteiger partial charge in [-0.25, -0.2) is 13.8 Å². The Morgan fingerprint density at radius 2 is 2.26 bits per heavy atom. The lowest BCUT2D eigenvalue weighted by Crippen LogP contribution is -2.49. The predicted molar refractivity (Wildman–Crippen MR) is 125 cm³/mol. The molecule has 3 heterocycles. The second kappa shape index (κ2) is 10.2. The zero-order chi connectivity index (χ0) is 25.1. The maximum Gasteiger partial charge on any atom is 0.283 e. The molecule has 1 aliphatic heterocycles. The Bertz CT molecular complexity index is 1480. The van der Waals surface area contributed by atoms with Crippen molar-refractivity contribution in [1.29, 1.82) is 5.26 Å². The molecule has 12 heteroatoms. The number of ether oxygens (including phenoxy) is 1. The van der Waals surface area contributed by atoms with E-state index in [0.717, 1.165) is 4.52 Å². The minimum absolute atomic E-state index is 0.0652. The Kier molecular flexibility index (Phi) is 7.04. The molecule has 1 amide bonds. The minimum atomic E-state index is -2.99. The van der Waals surface area contributed by atoms with E-state index in [4.69, 9.17) is 16.3 Å². The summed E-state index contributed by atoms with van der Waals surface area (Å²) in [6, 6.07) is 6.79. The second-order valence-corrected chi connectivity index (χ2v) is 8.12. The highest BCUT2D eigenvalue weighted by molar-refractivity contribution is 6.30. The number of nitriles is 1. The van der Waals surface area contributed by atoms with Crippen LogP contribution in [-0.4, -0.2) is 46.3 Å². The third-order valence-electron chi connectivity index (χ3n) is 5.26. The number of alkyl halides is 2. The van der Waals surface area contributed by atoms with Gasteiger partial charge in [0.1, 0.15) is 23.9 Å². The SMILES string of the molecule is C=CNc1cc(Cl)ccc1/C=c1\c(C)nc2c(C#N)c(C(F)F)nn2c1=NCC(=O)NC1COC1. The molecule has 0 unspecified atom stereocenters. The van der Waals surface area contributed by atoms with Crippen molar-refractivity contribution in [3.8, 4) is 6.07 Å². The fourth-order valence-corrected chi connectivity index (χ4v) is 3.71. The van der Waals surface area contributed by atoms with E-state index in [1.165, 1.54) is 6.20 Å². The van der Waals surface area contributed by atoms with Crippen molar-refractivity contribution in [2.45, 2.75) is 19.4 Å². The lowest BCUT2D eigenvalue weighted by molar-refractivity contribution is -0.123. The van der Waals surface area contributed by atoms with Gasteiger partial charge in [-0.05, 0) is 36.9 Å². The van der Waals surface area contributed by atoms with E-state index in [9.17, 15) is 18.8 Å². The summed E-state index contributed by atoms with van der Waals surface area (Å²) in [5, 5.41) is 20.1. The normalized spacial score (nSPS) is 14.7. The Labute approximate surface area is 203 Å². The Morgan fingerprint density at radius 1 is 1.49 bits per heavy atom. The number of aryl methyl sites for hydroxylation is 1. The first-order valence-electron chi connectivity index (χ1n) is 10.5. The minimum Gasteiger partial charge on any atom is -0.377 e. The zero-order valence-corrected chi connectivity index (χ0v) is 19.3. The third kappa shape index (κ3) is 4.99. The molecule has 35 heavy (non-hydrogen) atoms. The van der Waals surface area contributed by atoms with E-state index in [2.05, 4.69) is 32.3 Å². The van der Waals surface area contributed by atoms with Crippen molar-refractivity contribution in [3.05, 3.63) is 69.2 Å². The number of carbonyl (C=O) groups excluding carboxylic acids is 1. The number of aromatic nitrogens is 3. The van der Waals surface area contributed by atoms with Crippen molar-refractivity contribution in [2.24, 2.45) is 4.99 Å². The number of anilines is 1. The van der Waals surface area contributed by atoms with Gasteiger partial charge in [0.15, 0.2) is 11.1 Å². The molecule has 1 fully saturated rings. The van der Waals surface area contributed by atoms with Crippen LogP contribution in [0.1, 0.15) is 28.9 Å². The summed E-state index contributed by atoms with van der Waals surface area (Å²) in [6.07, 6.45) is 0.211. The number of nitrogens with one attached hydrogen (secondary N) is 2. The molecule has 1 aromatic carbocycles. The van der Waals surface area contributed by atoms with Crippen LogP contribution < -0.4 is 21.3 Å². The molecular formula is C23H20ClF2N7O2. The van der Waals surface area contributed by atoms with E-state index >= 15 is 0 Å². The van der Waals surface area contributed by atoms with Gasteiger partial charge in [0.2, 0.25) is 5.91 Å². The van der Waals surface area contributed by atoms with Crippen molar-refractivity contribution >= 4 is 34.9 Å². The number of hydrogen-bond acceptors (Lipinski definition) is 7. The molecule has 0 radical (unpaired) electrons. The number of carbonyl (C=O) groups is 1. The fraction of sp³-hybridized carbons (Fsp3) is 0.261. The summed E-state index contributed by atoms with van der Waals surface area (Å²) in [4.78, 5) is 21.2. The van der Waals surface area contributed by atoms with Gasteiger partial charge in [0.25, 0.3) is 6.43 Å². The lowest BCUT2D eigenvalue weighted by Gasteiger charge is -2.26. The van der Waals surface area contributed by atoms with E-state index < -0.39 is 12.1 Å². The molecule has 0 bridgehead atoms. The van der Waals surface area contributed by atoms with Gasteiger partial charge >= 0.3 is 0 Å². The van der Waals surface area contributed by atoms with Crippen LogP contribution in [0.3, 0.4) is 0 Å². The fourth-order valence-electron chi connectivity index (χ4n) is 3.54. The predicted octanol–water partition coefficient (Wildman–Crippen LogP) is 2.02. The van der Waals surface area contributed by atoms with E-state index in [-0.39, 0.29) is 35.2 Å². The summed E-state index contributed by atoms with van der Waals surface area (Å²) in [5.41, 5.74) is 0.702. The molecule has 2 aromatic heterocycles. The topological polar surface area (TPSA) is 117 Å². The molecule has 1 saturated heterocycles. The summed E-state index contributed by atoms with van der Waals surface area (Å²) in [7, 11) is 0. The van der Waals surface area contributed by atoms with Crippen LogP contribution in [0.5, 0.6) is 0 Å². The van der Waals surface area contributed by atoms with Gasteiger partial charge in [-0.2, -0.15) is 14.9 Å². The second-order valence-electron chi connectivity index (χ2n) is 7.69. The molecular weight excluding hydrogens is 480 g/mol. The standard InChI is InChI=1S/C23H20ClF2N7O2/c1-3-28-18-7-14(24)5-4-13(18)6-16-12(2)30-23-17(8-27)20(21(25)26)32-33(23)22(16)29-9-19(34)31-15-10-35-11-15/h3-7,15,21,28H,1,9-11H2,2H3,(H,31,34)/b16-6+,29-22?. The monoisotopic (exact) mass is 499 g/mol. The van der Waals surface area contributed by atoms with E-state index in [0.29, 0.717) is 40.4 Å². The number of benzene rings is 1. The smallest absolute Gasteiger partial charge is 0.283 e. The third-order valence-corrected chi connectivity index (χ3v) is 5.49. The Morgan fingerprint density at radius 3 is 2.89 bits per heavy atom. The molecule has 3 aromatic rings. The molecule has 9 nitrogen and oxygen atoms in total. The lowest BCUT2D eigenvalue weighted by atomic mass is 10.1. The first-order valence-corrected chi connectivity index (χ1v) is 10.9. The Hall–Kier alpha value is -3.88. The molecule has 0 saturated carbocycles. The summed E-state index contributed by atoms with van der Waals surface area (Å²) in [5.74, 6) is -0.367. The Balaban J connectivity index is 1.97. The molecule has 2 N–H and O–H groups in total. The van der Waals surface area contributed by atoms with Gasteiger partial charge in [-0.3, -0.25) is 9.79 Å². The number of rotatable bonds is 7. The van der Waals surface area contributed by atoms with Crippen LogP contribution >= 0.6 is 11.6 Å². The van der Waals surface area contributed by atoms with Gasteiger partial charge in [0, 0.05) is 15.9 Å². The number of amides is 1. The zero-order valence-electron chi connectivity index (χ0n) is 18.6. The van der Waals surface area contributed by atoms with Crippen LogP contribution in [-0.2, 0) is 9.53 Å². The first-order chi connectivity index (χ1) is 16.8. The molecule has 180 valence electrons. The number of fused-ring (bicyclic) bond motifs is 1. The van der Waals surface area contributed by atoms with Crippen molar-refractivity contribution < 1.29 is 18.3 Å². The van der Waals surface area contributed by atoms with Gasteiger partial charge < -0.3 is 15.4 Å². The maximum atomic E-state index is 13.6. The van der Waals surface area contributed by atoms with Crippen LogP contribution in [0, 0.1) is 18.3 Å².